The second kappa shape index (κ2) is 7.72. The Bertz CT molecular complexity index is 474. The molecule has 118 valence electrons. The number of nitrogens with zero attached hydrogens (tertiary/aromatic N) is 2. The molecule has 0 radical (unpaired) electrons. The Morgan fingerprint density at radius 3 is 2.62 bits per heavy atom. The minimum atomic E-state index is -0.871. The lowest BCUT2D eigenvalue weighted by Crippen LogP contribution is -2.28. The average Bonchev–Trinajstić information content (AvgIpc) is 3.21. The molecular weight excluding hydrogens is 292 g/mol. The van der Waals surface area contributed by atoms with Gasteiger partial charge in [-0.3, -0.25) is 0 Å². The molecule has 0 amide bonds. The summed E-state index contributed by atoms with van der Waals surface area (Å²) in [5.74, 6) is -0.534. The zero-order chi connectivity index (χ0) is 15.2. The van der Waals surface area contributed by atoms with E-state index >= 15 is 0 Å². The van der Waals surface area contributed by atoms with Crippen molar-refractivity contribution in [2.45, 2.75) is 25.2 Å². The molecule has 0 unspecified atom stereocenters. The lowest BCUT2D eigenvalue weighted by Gasteiger charge is -2.21. The van der Waals surface area contributed by atoms with Gasteiger partial charge in [0.2, 0.25) is 0 Å². The minimum absolute atomic E-state index is 0.337. The number of hydrogen-bond donors (Lipinski definition) is 1. The van der Waals surface area contributed by atoms with Crippen molar-refractivity contribution in [2.75, 3.05) is 45.4 Å². The molecule has 0 aliphatic heterocycles. The molecule has 2 rings (SSSR count). The van der Waals surface area contributed by atoms with E-state index in [-0.39, 0.29) is 0 Å². The molecule has 1 aliphatic rings. The Morgan fingerprint density at radius 1 is 1.33 bits per heavy atom. The van der Waals surface area contributed by atoms with Gasteiger partial charge in [0, 0.05) is 39.8 Å². The van der Waals surface area contributed by atoms with Gasteiger partial charge >= 0.3 is 5.97 Å². The van der Waals surface area contributed by atoms with Crippen LogP contribution in [0.15, 0.2) is 0 Å². The fraction of sp³-hybridized carbons (Fsp3) is 0.714. The highest BCUT2D eigenvalue weighted by molar-refractivity contribution is 7.17. The molecule has 6 nitrogen and oxygen atoms in total. The molecule has 0 bridgehead atoms. The van der Waals surface area contributed by atoms with E-state index < -0.39 is 5.97 Å². The van der Waals surface area contributed by atoms with Crippen molar-refractivity contribution in [1.29, 1.82) is 0 Å². The fourth-order valence-corrected chi connectivity index (χ4v) is 3.19. The largest absolute Gasteiger partial charge is 0.477 e. The molecule has 1 aromatic rings. The number of carboxylic acids is 1. The van der Waals surface area contributed by atoms with Crippen LogP contribution >= 0.6 is 11.3 Å². The Morgan fingerprint density at radius 2 is 2.05 bits per heavy atom. The molecule has 7 heteroatoms. The number of carbonyl (C=O) groups is 1. The maximum absolute atomic E-state index is 11.4. The Balaban J connectivity index is 2.13. The molecule has 1 aromatic heterocycles. The number of aromatic nitrogens is 1. The monoisotopic (exact) mass is 314 g/mol. The number of hydrogen-bond acceptors (Lipinski definition) is 6. The van der Waals surface area contributed by atoms with Crippen LogP contribution < -0.4 is 4.90 Å². The molecule has 0 spiro atoms. The molecule has 21 heavy (non-hydrogen) atoms. The van der Waals surface area contributed by atoms with Crippen molar-refractivity contribution in [2.24, 2.45) is 0 Å². The van der Waals surface area contributed by atoms with Crippen LogP contribution in [-0.4, -0.2) is 56.6 Å². The van der Waals surface area contributed by atoms with Crippen LogP contribution in [0.4, 0.5) is 5.13 Å². The molecule has 0 atom stereocenters. The van der Waals surface area contributed by atoms with Crippen LogP contribution in [0.5, 0.6) is 0 Å². The summed E-state index contributed by atoms with van der Waals surface area (Å²) < 4.78 is 10.2. The third-order valence-electron chi connectivity index (χ3n) is 3.41. The number of rotatable bonds is 10. The Labute approximate surface area is 128 Å². The number of anilines is 1. The quantitative estimate of drug-likeness (QED) is 0.668. The summed E-state index contributed by atoms with van der Waals surface area (Å²) in [4.78, 5) is 18.4. The fourth-order valence-electron chi connectivity index (χ4n) is 2.15. The van der Waals surface area contributed by atoms with Crippen molar-refractivity contribution in [3.8, 4) is 0 Å². The van der Waals surface area contributed by atoms with Gasteiger partial charge in [-0.15, -0.1) is 0 Å². The Kier molecular flexibility index (Phi) is 5.96. The van der Waals surface area contributed by atoms with Crippen molar-refractivity contribution >= 4 is 22.4 Å². The number of ether oxygens (including phenoxy) is 2. The second-order valence-electron chi connectivity index (χ2n) is 5.12. The average molecular weight is 314 g/mol. The molecule has 1 aliphatic carbocycles. The lowest BCUT2D eigenvalue weighted by atomic mass is 10.2. The van der Waals surface area contributed by atoms with Gasteiger partial charge in [0.1, 0.15) is 4.88 Å². The first-order chi connectivity index (χ1) is 10.2. The highest BCUT2D eigenvalue weighted by Crippen LogP contribution is 2.44. The summed E-state index contributed by atoms with van der Waals surface area (Å²) in [6.45, 7) is 2.76. The van der Waals surface area contributed by atoms with E-state index in [4.69, 9.17) is 9.47 Å². The molecule has 1 fully saturated rings. The first kappa shape index (κ1) is 16.2. The van der Waals surface area contributed by atoms with Gasteiger partial charge < -0.3 is 19.5 Å². The van der Waals surface area contributed by atoms with Gasteiger partial charge in [-0.2, -0.15) is 0 Å². The van der Waals surface area contributed by atoms with Crippen molar-refractivity contribution < 1.29 is 19.4 Å². The van der Waals surface area contributed by atoms with E-state index in [2.05, 4.69) is 9.88 Å². The van der Waals surface area contributed by atoms with Crippen molar-refractivity contribution in [3.63, 3.8) is 0 Å². The summed E-state index contributed by atoms with van der Waals surface area (Å²) in [6, 6.07) is 0. The maximum Gasteiger partial charge on any atom is 0.347 e. The van der Waals surface area contributed by atoms with Crippen LogP contribution in [0.2, 0.25) is 0 Å². The molecule has 1 N–H and O–H groups in total. The van der Waals surface area contributed by atoms with E-state index in [0.717, 1.165) is 36.6 Å². The standard InChI is InChI=1S/C14H22N2O4S/c1-19-8-3-6-16(7-9-20-2)14-15-11(10-4-5-10)12(21-14)13(17)18/h10H,3-9H2,1-2H3,(H,17,18). The van der Waals surface area contributed by atoms with Crippen LogP contribution in [-0.2, 0) is 9.47 Å². The van der Waals surface area contributed by atoms with E-state index in [1.54, 1.807) is 14.2 Å². The molecule has 1 heterocycles. The Hall–Kier alpha value is -1.18. The SMILES string of the molecule is COCCCN(CCOC)c1nc(C2CC2)c(C(=O)O)s1. The molecular formula is C14H22N2O4S. The predicted octanol–water partition coefficient (Wildman–Crippen LogP) is 2.21. The van der Waals surface area contributed by atoms with E-state index in [1.165, 1.54) is 11.3 Å². The van der Waals surface area contributed by atoms with Gasteiger partial charge in [-0.05, 0) is 19.3 Å². The molecule has 1 saturated carbocycles. The normalized spacial score (nSPS) is 14.4. The lowest BCUT2D eigenvalue weighted by molar-refractivity contribution is 0.0700. The van der Waals surface area contributed by atoms with Crippen LogP contribution in [0.25, 0.3) is 0 Å². The van der Waals surface area contributed by atoms with E-state index in [1.807, 2.05) is 0 Å². The smallest absolute Gasteiger partial charge is 0.347 e. The summed E-state index contributed by atoms with van der Waals surface area (Å²) in [5, 5.41) is 10.1. The number of thiazole rings is 1. The zero-order valence-corrected chi connectivity index (χ0v) is 13.3. The maximum atomic E-state index is 11.4. The highest BCUT2D eigenvalue weighted by atomic mass is 32.1. The van der Waals surface area contributed by atoms with Gasteiger partial charge in [-0.1, -0.05) is 11.3 Å². The topological polar surface area (TPSA) is 71.9 Å². The molecule has 0 saturated heterocycles. The van der Waals surface area contributed by atoms with Crippen molar-refractivity contribution in [1.82, 2.24) is 4.98 Å². The molecule has 0 aromatic carbocycles. The van der Waals surface area contributed by atoms with E-state index in [9.17, 15) is 9.90 Å². The summed E-state index contributed by atoms with van der Waals surface area (Å²) >= 11 is 1.27. The predicted molar refractivity (Wildman–Crippen MR) is 81.6 cm³/mol. The van der Waals surface area contributed by atoms with Crippen LogP contribution in [0, 0.1) is 0 Å². The van der Waals surface area contributed by atoms with Crippen molar-refractivity contribution in [3.05, 3.63) is 10.6 Å². The zero-order valence-electron chi connectivity index (χ0n) is 12.5. The second-order valence-corrected chi connectivity index (χ2v) is 6.09. The summed E-state index contributed by atoms with van der Waals surface area (Å²) in [5.41, 5.74) is 0.761. The van der Waals surface area contributed by atoms with Gasteiger partial charge in [0.15, 0.2) is 5.13 Å². The minimum Gasteiger partial charge on any atom is -0.477 e. The number of carboxylic acid groups (broad SMARTS) is 1. The first-order valence-corrected chi connectivity index (χ1v) is 7.95. The summed E-state index contributed by atoms with van der Waals surface area (Å²) in [6.07, 6.45) is 2.97. The van der Waals surface area contributed by atoms with E-state index in [0.29, 0.717) is 30.6 Å². The number of methoxy groups -OCH3 is 2. The third-order valence-corrected chi connectivity index (χ3v) is 4.53. The van der Waals surface area contributed by atoms with Gasteiger partial charge in [0.25, 0.3) is 0 Å². The van der Waals surface area contributed by atoms with Crippen LogP contribution in [0.1, 0.15) is 40.5 Å². The highest BCUT2D eigenvalue weighted by Gasteiger charge is 2.32. The number of aromatic carboxylic acids is 1. The van der Waals surface area contributed by atoms with Gasteiger partial charge in [0.05, 0.1) is 12.3 Å². The first-order valence-electron chi connectivity index (χ1n) is 7.14. The van der Waals surface area contributed by atoms with Gasteiger partial charge in [-0.25, -0.2) is 9.78 Å². The summed E-state index contributed by atoms with van der Waals surface area (Å²) in [7, 11) is 3.34. The third kappa shape index (κ3) is 4.39. The van der Waals surface area contributed by atoms with Crippen LogP contribution in [0.3, 0.4) is 0 Å².